The van der Waals surface area contributed by atoms with E-state index in [0.29, 0.717) is 30.2 Å². The number of fused-ring (bicyclic) bond motifs is 3. The molecule has 0 aromatic heterocycles. The van der Waals surface area contributed by atoms with Crippen LogP contribution in [0.25, 0.3) is 0 Å². The molecule has 2 heterocycles. The lowest BCUT2D eigenvalue weighted by Crippen LogP contribution is -2.42. The number of urea groups is 1. The minimum absolute atomic E-state index is 0.00517. The highest BCUT2D eigenvalue weighted by molar-refractivity contribution is 5.74. The van der Waals surface area contributed by atoms with E-state index in [9.17, 15) is 13.6 Å². The molecular weight excluding hydrogens is 362 g/mol. The number of hydrogen-bond donors (Lipinski definition) is 2. The lowest BCUT2D eigenvalue weighted by molar-refractivity contribution is -0.0505. The highest BCUT2D eigenvalue weighted by Crippen LogP contribution is 2.52. The molecule has 1 saturated carbocycles. The van der Waals surface area contributed by atoms with Gasteiger partial charge in [-0.15, -0.1) is 0 Å². The summed E-state index contributed by atoms with van der Waals surface area (Å²) < 4.78 is 46.1. The minimum Gasteiger partial charge on any atom is -0.454 e. The van der Waals surface area contributed by atoms with E-state index in [2.05, 4.69) is 22.3 Å². The van der Waals surface area contributed by atoms with Crippen molar-refractivity contribution in [1.82, 2.24) is 10.6 Å². The van der Waals surface area contributed by atoms with Crippen LogP contribution in [0.15, 0.2) is 12.1 Å². The molecule has 1 aromatic carbocycles. The molecule has 2 aliphatic heterocycles. The molecule has 148 valence electrons. The van der Waals surface area contributed by atoms with E-state index in [1.165, 1.54) is 12.1 Å². The van der Waals surface area contributed by atoms with Gasteiger partial charge in [0.15, 0.2) is 11.5 Å². The Labute approximate surface area is 155 Å². The zero-order chi connectivity index (χ0) is 19.1. The largest absolute Gasteiger partial charge is 0.454 e. The molecule has 2 amide bonds. The molecule has 27 heavy (non-hydrogen) atoms. The van der Waals surface area contributed by atoms with Crippen molar-refractivity contribution in [2.75, 3.05) is 19.9 Å². The Morgan fingerprint density at radius 1 is 1.26 bits per heavy atom. The molecule has 1 saturated heterocycles. The summed E-state index contributed by atoms with van der Waals surface area (Å²) >= 11 is 0. The Bertz CT molecular complexity index is 735. The number of ether oxygens (including phenoxy) is 4. The van der Waals surface area contributed by atoms with Gasteiger partial charge in [0.05, 0.1) is 12.2 Å². The molecule has 4 rings (SSSR count). The van der Waals surface area contributed by atoms with Gasteiger partial charge in [-0.05, 0) is 32.3 Å². The van der Waals surface area contributed by atoms with Gasteiger partial charge in [-0.2, -0.15) is 8.78 Å². The Morgan fingerprint density at radius 3 is 2.67 bits per heavy atom. The lowest BCUT2D eigenvalue weighted by Gasteiger charge is -2.26. The summed E-state index contributed by atoms with van der Waals surface area (Å²) in [6.07, 6.45) is 2.97. The quantitative estimate of drug-likeness (QED) is 0.789. The van der Waals surface area contributed by atoms with E-state index in [-0.39, 0.29) is 36.1 Å². The first-order chi connectivity index (χ1) is 12.9. The SMILES string of the molecule is CC12CCC(CNC(=O)NCc3cc4c(cc3OC(F)F)OCO4)(CO1)C2. The van der Waals surface area contributed by atoms with Gasteiger partial charge in [-0.1, -0.05) is 0 Å². The number of carbonyl (C=O) groups excluding carboxylic acids is 1. The number of alkyl halides is 2. The molecule has 1 aromatic rings. The van der Waals surface area contributed by atoms with E-state index in [0.717, 1.165) is 19.3 Å². The summed E-state index contributed by atoms with van der Waals surface area (Å²) in [4.78, 5) is 12.2. The van der Waals surface area contributed by atoms with Crippen LogP contribution in [-0.4, -0.2) is 38.2 Å². The van der Waals surface area contributed by atoms with Crippen molar-refractivity contribution in [3.8, 4) is 17.2 Å². The average molecular weight is 384 g/mol. The Morgan fingerprint density at radius 2 is 2.04 bits per heavy atom. The van der Waals surface area contributed by atoms with Crippen LogP contribution in [0.4, 0.5) is 13.6 Å². The fourth-order valence-corrected chi connectivity index (χ4v) is 4.09. The molecule has 1 aliphatic carbocycles. The number of nitrogens with one attached hydrogen (secondary N) is 2. The Hall–Kier alpha value is -2.29. The number of amides is 2. The van der Waals surface area contributed by atoms with Crippen molar-refractivity contribution in [2.24, 2.45) is 5.41 Å². The fraction of sp³-hybridized carbons (Fsp3) is 0.611. The molecule has 7 nitrogen and oxygen atoms in total. The predicted octanol–water partition coefficient (Wildman–Crippen LogP) is 2.78. The third-order valence-electron chi connectivity index (χ3n) is 5.50. The molecule has 2 unspecified atom stereocenters. The van der Waals surface area contributed by atoms with Gasteiger partial charge in [-0.3, -0.25) is 0 Å². The van der Waals surface area contributed by atoms with Gasteiger partial charge >= 0.3 is 12.6 Å². The molecule has 9 heteroatoms. The van der Waals surface area contributed by atoms with Gasteiger partial charge < -0.3 is 29.6 Å². The summed E-state index contributed by atoms with van der Waals surface area (Å²) in [7, 11) is 0. The second kappa shape index (κ2) is 6.70. The van der Waals surface area contributed by atoms with Crippen LogP contribution in [0.1, 0.15) is 31.7 Å². The van der Waals surface area contributed by atoms with Crippen molar-refractivity contribution in [1.29, 1.82) is 0 Å². The van der Waals surface area contributed by atoms with Crippen LogP contribution < -0.4 is 24.8 Å². The van der Waals surface area contributed by atoms with Crippen LogP contribution in [0.2, 0.25) is 0 Å². The zero-order valence-corrected chi connectivity index (χ0v) is 15.0. The first kappa shape index (κ1) is 18.1. The van der Waals surface area contributed by atoms with Crippen molar-refractivity contribution in [2.45, 2.75) is 44.9 Å². The summed E-state index contributed by atoms with van der Waals surface area (Å²) in [5, 5.41) is 5.55. The van der Waals surface area contributed by atoms with E-state index < -0.39 is 6.61 Å². The van der Waals surface area contributed by atoms with Crippen molar-refractivity contribution >= 4 is 6.03 Å². The molecule has 0 spiro atoms. The van der Waals surface area contributed by atoms with Gasteiger partial charge in [0.25, 0.3) is 0 Å². The maximum absolute atomic E-state index is 12.7. The number of hydrogen-bond acceptors (Lipinski definition) is 5. The molecule has 0 radical (unpaired) electrons. The number of halogens is 2. The molecule has 2 bridgehead atoms. The normalized spacial score (nSPS) is 27.9. The monoisotopic (exact) mass is 384 g/mol. The minimum atomic E-state index is -2.98. The first-order valence-corrected chi connectivity index (χ1v) is 8.90. The van der Waals surface area contributed by atoms with Gasteiger partial charge in [0.2, 0.25) is 6.79 Å². The summed E-state index contributed by atoms with van der Waals surface area (Å²) in [5.41, 5.74) is 0.312. The number of carbonyl (C=O) groups is 1. The zero-order valence-electron chi connectivity index (χ0n) is 15.0. The average Bonchev–Trinajstić information content (AvgIpc) is 3.29. The van der Waals surface area contributed by atoms with Gasteiger partial charge in [-0.25, -0.2) is 4.79 Å². The van der Waals surface area contributed by atoms with Gasteiger partial charge in [0.1, 0.15) is 5.75 Å². The van der Waals surface area contributed by atoms with E-state index in [4.69, 9.17) is 14.2 Å². The first-order valence-electron chi connectivity index (χ1n) is 8.90. The van der Waals surface area contributed by atoms with Crippen LogP contribution in [0.3, 0.4) is 0 Å². The van der Waals surface area contributed by atoms with E-state index in [1.54, 1.807) is 0 Å². The van der Waals surface area contributed by atoms with Crippen LogP contribution >= 0.6 is 0 Å². The molecule has 2 N–H and O–H groups in total. The third-order valence-corrected chi connectivity index (χ3v) is 5.50. The third kappa shape index (κ3) is 3.73. The van der Waals surface area contributed by atoms with Crippen LogP contribution in [0, 0.1) is 5.41 Å². The van der Waals surface area contributed by atoms with Gasteiger partial charge in [0, 0.05) is 30.1 Å². The molecular formula is C18H22F2N2O5. The highest BCUT2D eigenvalue weighted by Gasteiger charge is 2.52. The second-order valence-electron chi connectivity index (χ2n) is 7.64. The smallest absolute Gasteiger partial charge is 0.387 e. The number of benzene rings is 1. The molecule has 2 fully saturated rings. The fourth-order valence-electron chi connectivity index (χ4n) is 4.09. The Kier molecular flexibility index (Phi) is 4.49. The number of rotatable bonds is 6. The predicted molar refractivity (Wildman–Crippen MR) is 90.1 cm³/mol. The second-order valence-corrected chi connectivity index (χ2v) is 7.64. The standard InChI is InChI=1S/C18H22F2N2O5/c1-17-2-3-18(7-17,9-26-17)8-22-16(23)21-6-11-4-13-14(25-10-24-13)5-12(11)27-15(19)20/h4-5,15H,2-3,6-10H2,1H3,(H2,21,22,23). The topological polar surface area (TPSA) is 78.1 Å². The van der Waals surface area contributed by atoms with Crippen molar-refractivity contribution < 1.29 is 32.5 Å². The van der Waals surface area contributed by atoms with E-state index in [1.807, 2.05) is 0 Å². The lowest BCUT2D eigenvalue weighted by atomic mass is 9.87. The van der Waals surface area contributed by atoms with E-state index >= 15 is 0 Å². The van der Waals surface area contributed by atoms with Crippen LogP contribution in [0.5, 0.6) is 17.2 Å². The molecule has 2 atom stereocenters. The van der Waals surface area contributed by atoms with Crippen molar-refractivity contribution in [3.05, 3.63) is 17.7 Å². The molecule has 3 aliphatic rings. The maximum atomic E-state index is 12.7. The summed E-state index contributed by atoms with van der Waals surface area (Å²) in [5.74, 6) is 0.716. The highest BCUT2D eigenvalue weighted by atomic mass is 19.3. The summed E-state index contributed by atoms with van der Waals surface area (Å²) in [6, 6.07) is 2.51. The van der Waals surface area contributed by atoms with Crippen molar-refractivity contribution in [3.63, 3.8) is 0 Å². The van der Waals surface area contributed by atoms with Crippen LogP contribution in [-0.2, 0) is 11.3 Å². The maximum Gasteiger partial charge on any atom is 0.387 e. The summed E-state index contributed by atoms with van der Waals surface area (Å²) in [6.45, 7) is 0.340. The Balaban J connectivity index is 1.35.